The van der Waals surface area contributed by atoms with E-state index in [1.165, 1.54) is 96.4 Å². The maximum atomic E-state index is 2.33. The van der Waals surface area contributed by atoms with E-state index in [1.54, 1.807) is 4.90 Å². The van der Waals surface area contributed by atoms with Gasteiger partial charge in [-0.2, -0.15) is 0 Å². The highest BCUT2D eigenvalue weighted by Crippen LogP contribution is 2.12. The zero-order valence-corrected chi connectivity index (χ0v) is 16.8. The van der Waals surface area contributed by atoms with Crippen LogP contribution in [0.3, 0.4) is 0 Å². The Kier molecular flexibility index (Phi) is 21.5. The van der Waals surface area contributed by atoms with Gasteiger partial charge >= 0.3 is 0 Å². The normalized spacial score (nSPS) is 12.4. The van der Waals surface area contributed by atoms with Crippen LogP contribution in [0.4, 0.5) is 0 Å². The Hall–Kier alpha value is 0.250. The van der Waals surface area contributed by atoms with Crippen LogP contribution >= 0.6 is 0 Å². The molecule has 0 aromatic rings. The van der Waals surface area contributed by atoms with E-state index in [4.69, 9.17) is 0 Å². The number of unbranched alkanes of at least 4 members (excludes halogenated alkanes) is 13. The van der Waals surface area contributed by atoms with E-state index < -0.39 is 0 Å². The average molecular weight is 334 g/mol. The molecule has 1 atom stereocenters. The fourth-order valence-corrected chi connectivity index (χ4v) is 2.89. The number of rotatable bonds is 16. The van der Waals surface area contributed by atoms with Gasteiger partial charge in [0.05, 0.1) is 19.6 Å². The molecular weight excluding hydrogens is 290 g/mol. The van der Waals surface area contributed by atoms with Gasteiger partial charge < -0.3 is 17.3 Å². The second-order valence-electron chi connectivity index (χ2n) is 7.35. The largest absolute Gasteiger partial charge is 1.00 e. The van der Waals surface area contributed by atoms with Gasteiger partial charge in [0, 0.05) is 0 Å². The molecule has 2 heteroatoms. The topological polar surface area (TPSA) is 4.44 Å². The molecule has 0 fully saturated rings. The Morgan fingerprint density at radius 2 is 0.909 bits per heavy atom. The quantitative estimate of drug-likeness (QED) is 0.414. The highest BCUT2D eigenvalue weighted by atomic mass is 35.5. The molecule has 0 aliphatic carbocycles. The van der Waals surface area contributed by atoms with Crippen molar-refractivity contribution < 1.29 is 17.3 Å². The lowest BCUT2D eigenvalue weighted by atomic mass is 10.0. The average Bonchev–Trinajstić information content (AvgIpc) is 2.47. The highest BCUT2D eigenvalue weighted by Gasteiger charge is 2.04. The van der Waals surface area contributed by atoms with E-state index in [0.717, 1.165) is 6.04 Å². The summed E-state index contributed by atoms with van der Waals surface area (Å²) in [6, 6.07) is 0.784. The molecule has 0 amide bonds. The molecule has 0 saturated carbocycles. The van der Waals surface area contributed by atoms with E-state index in [-0.39, 0.29) is 12.4 Å². The van der Waals surface area contributed by atoms with Gasteiger partial charge in [0.25, 0.3) is 0 Å². The summed E-state index contributed by atoms with van der Waals surface area (Å²) in [5.41, 5.74) is 0. The fraction of sp³-hybridized carbons (Fsp3) is 1.00. The molecule has 1 N–H and O–H groups in total. The summed E-state index contributed by atoms with van der Waals surface area (Å²) in [6.45, 7) is 8.29. The summed E-state index contributed by atoms with van der Waals surface area (Å²) in [4.78, 5) is 1.69. The Bertz CT molecular complexity index is 194. The first-order chi connectivity index (χ1) is 10.2. The van der Waals surface area contributed by atoms with Crippen LogP contribution in [0.25, 0.3) is 0 Å². The van der Waals surface area contributed by atoms with Gasteiger partial charge in [0.15, 0.2) is 0 Å². The van der Waals surface area contributed by atoms with Crippen molar-refractivity contribution >= 4 is 0 Å². The molecule has 0 aromatic heterocycles. The van der Waals surface area contributed by atoms with Crippen LogP contribution < -0.4 is 17.3 Å². The molecule has 1 nitrogen and oxygen atoms in total. The van der Waals surface area contributed by atoms with Gasteiger partial charge in [0.1, 0.15) is 0 Å². The van der Waals surface area contributed by atoms with Crippen molar-refractivity contribution in [2.24, 2.45) is 0 Å². The molecule has 136 valence electrons. The third kappa shape index (κ3) is 18.3. The zero-order chi connectivity index (χ0) is 15.8. The van der Waals surface area contributed by atoms with Crippen molar-refractivity contribution in [1.29, 1.82) is 0 Å². The molecule has 0 aliphatic rings. The lowest BCUT2D eigenvalue weighted by molar-refractivity contribution is -0.902. The smallest absolute Gasteiger partial charge is 0.0815 e. The standard InChI is InChI=1S/C20H43N.ClH/c1-5-6-7-8-9-10-11-12-13-14-15-16-17-18-19-21(4)20(2)3;/h20H,5-19H2,1-4H3;1H. The van der Waals surface area contributed by atoms with Crippen molar-refractivity contribution in [2.75, 3.05) is 13.6 Å². The van der Waals surface area contributed by atoms with Crippen LogP contribution in [0.5, 0.6) is 0 Å². The van der Waals surface area contributed by atoms with E-state index in [1.807, 2.05) is 0 Å². The molecule has 1 unspecified atom stereocenters. The second kappa shape index (κ2) is 19.3. The molecule has 0 radical (unpaired) electrons. The molecule has 0 rings (SSSR count). The predicted molar refractivity (Wildman–Crippen MR) is 97.2 cm³/mol. The SMILES string of the molecule is CCCCCCCCCCCCCCCC[NH+](C)C(C)C.[Cl-]. The number of quaternary nitrogens is 1. The van der Waals surface area contributed by atoms with Crippen molar-refractivity contribution in [3.05, 3.63) is 0 Å². The molecule has 0 bridgehead atoms. The van der Waals surface area contributed by atoms with Crippen LogP contribution in [0, 0.1) is 0 Å². The van der Waals surface area contributed by atoms with Crippen LogP contribution in [0.2, 0.25) is 0 Å². The lowest BCUT2D eigenvalue weighted by Gasteiger charge is -2.17. The summed E-state index contributed by atoms with van der Waals surface area (Å²) in [7, 11) is 2.33. The van der Waals surface area contributed by atoms with Gasteiger partial charge in [-0.3, -0.25) is 0 Å². The summed E-state index contributed by atoms with van der Waals surface area (Å²) in [5.74, 6) is 0. The Morgan fingerprint density at radius 3 is 1.23 bits per heavy atom. The lowest BCUT2D eigenvalue weighted by Crippen LogP contribution is -3.12. The van der Waals surface area contributed by atoms with Crippen LogP contribution in [0.1, 0.15) is 111 Å². The van der Waals surface area contributed by atoms with Gasteiger partial charge in [-0.05, 0) is 26.7 Å². The van der Waals surface area contributed by atoms with Crippen LogP contribution in [-0.4, -0.2) is 19.6 Å². The molecular formula is C20H44ClN. The summed E-state index contributed by atoms with van der Waals surface area (Å²) in [5, 5.41) is 0. The molecule has 0 spiro atoms. The number of hydrogen-bond donors (Lipinski definition) is 1. The van der Waals surface area contributed by atoms with Crippen LogP contribution in [-0.2, 0) is 0 Å². The number of halogens is 1. The van der Waals surface area contributed by atoms with Crippen molar-refractivity contribution in [1.82, 2.24) is 0 Å². The summed E-state index contributed by atoms with van der Waals surface area (Å²) >= 11 is 0. The molecule has 0 aromatic carbocycles. The molecule has 0 heterocycles. The Labute approximate surface area is 148 Å². The van der Waals surface area contributed by atoms with E-state index in [2.05, 4.69) is 27.8 Å². The first-order valence-corrected chi connectivity index (χ1v) is 10.0. The molecule has 22 heavy (non-hydrogen) atoms. The Balaban J connectivity index is 0. The van der Waals surface area contributed by atoms with E-state index in [0.29, 0.717) is 0 Å². The van der Waals surface area contributed by atoms with Gasteiger partial charge in [-0.25, -0.2) is 0 Å². The zero-order valence-electron chi connectivity index (χ0n) is 16.1. The number of hydrogen-bond acceptors (Lipinski definition) is 0. The van der Waals surface area contributed by atoms with Crippen molar-refractivity contribution in [2.45, 2.75) is 117 Å². The summed E-state index contributed by atoms with van der Waals surface area (Å²) in [6.07, 6.45) is 20.4. The molecule has 0 saturated heterocycles. The van der Waals surface area contributed by atoms with Gasteiger partial charge in [0.2, 0.25) is 0 Å². The van der Waals surface area contributed by atoms with Crippen molar-refractivity contribution in [3.63, 3.8) is 0 Å². The minimum absolute atomic E-state index is 0. The van der Waals surface area contributed by atoms with E-state index in [9.17, 15) is 0 Å². The maximum absolute atomic E-state index is 2.33. The van der Waals surface area contributed by atoms with Gasteiger partial charge in [-0.15, -0.1) is 0 Å². The maximum Gasteiger partial charge on any atom is 0.0815 e. The third-order valence-electron chi connectivity index (χ3n) is 4.91. The highest BCUT2D eigenvalue weighted by molar-refractivity contribution is 4.49. The predicted octanol–water partition coefficient (Wildman–Crippen LogP) is 2.39. The van der Waals surface area contributed by atoms with Crippen molar-refractivity contribution in [3.8, 4) is 0 Å². The van der Waals surface area contributed by atoms with E-state index >= 15 is 0 Å². The first kappa shape index (κ1) is 24.5. The minimum atomic E-state index is 0. The third-order valence-corrected chi connectivity index (χ3v) is 4.91. The van der Waals surface area contributed by atoms with Gasteiger partial charge in [-0.1, -0.05) is 84.0 Å². The number of nitrogens with one attached hydrogen (secondary N) is 1. The minimum Gasteiger partial charge on any atom is -1.00 e. The van der Waals surface area contributed by atoms with Crippen LogP contribution in [0.15, 0.2) is 0 Å². The summed E-state index contributed by atoms with van der Waals surface area (Å²) < 4.78 is 0. The second-order valence-corrected chi connectivity index (χ2v) is 7.35. The monoisotopic (exact) mass is 333 g/mol. The molecule has 0 aliphatic heterocycles. The fourth-order valence-electron chi connectivity index (χ4n) is 2.89. The first-order valence-electron chi connectivity index (χ1n) is 10.0. The Morgan fingerprint density at radius 1 is 0.591 bits per heavy atom.